The van der Waals surface area contributed by atoms with Crippen molar-refractivity contribution in [2.75, 3.05) is 6.61 Å². The van der Waals surface area contributed by atoms with Crippen molar-refractivity contribution in [1.29, 1.82) is 0 Å². The normalized spacial score (nSPS) is 17.8. The summed E-state index contributed by atoms with van der Waals surface area (Å²) in [5.41, 5.74) is 1.46. The second-order valence-electron chi connectivity index (χ2n) is 4.65. The number of benzene rings is 1. The van der Waals surface area contributed by atoms with Crippen LogP contribution in [0.5, 0.6) is 5.75 Å². The molecule has 20 heavy (non-hydrogen) atoms. The van der Waals surface area contributed by atoms with Gasteiger partial charge in [0.05, 0.1) is 23.3 Å². The molecule has 2 heterocycles. The number of halogens is 1. The zero-order chi connectivity index (χ0) is 13.9. The predicted molar refractivity (Wildman–Crippen MR) is 77.7 cm³/mol. The lowest BCUT2D eigenvalue weighted by molar-refractivity contribution is 0.0929. The Hall–Kier alpha value is -1.82. The van der Waals surface area contributed by atoms with Gasteiger partial charge in [-0.15, -0.1) is 0 Å². The summed E-state index contributed by atoms with van der Waals surface area (Å²) in [5.74, 6) is 0.676. The number of hydrogen-bond donors (Lipinski definition) is 2. The molecule has 2 N–H and O–H groups in total. The van der Waals surface area contributed by atoms with Crippen LogP contribution in [0.2, 0.25) is 0 Å². The van der Waals surface area contributed by atoms with Crippen LogP contribution < -0.4 is 10.1 Å². The molecular formula is C14H14BrN3O2. The third-order valence-corrected chi connectivity index (χ3v) is 3.92. The molecule has 1 aromatic heterocycles. The van der Waals surface area contributed by atoms with Gasteiger partial charge in [-0.1, -0.05) is 18.2 Å². The maximum atomic E-state index is 12.3. The number of aromatic amines is 1. The SMILES string of the molecule is O=C(N[C@@H]1CCCOc2ccccc21)c1[nH]ncc1Br. The highest BCUT2D eigenvalue weighted by Gasteiger charge is 2.23. The Morgan fingerprint density at radius 3 is 3.10 bits per heavy atom. The monoisotopic (exact) mass is 335 g/mol. The molecule has 104 valence electrons. The molecule has 0 radical (unpaired) electrons. The number of H-pyrrole nitrogens is 1. The molecule has 0 unspecified atom stereocenters. The summed E-state index contributed by atoms with van der Waals surface area (Å²) in [6.45, 7) is 0.678. The number of nitrogens with zero attached hydrogens (tertiary/aromatic N) is 1. The summed E-state index contributed by atoms with van der Waals surface area (Å²) in [7, 11) is 0. The first-order chi connectivity index (χ1) is 9.75. The standard InChI is InChI=1S/C14H14BrN3O2/c15-10-8-16-18-13(10)14(19)17-11-5-3-7-20-12-6-2-1-4-9(11)12/h1-2,4,6,8,11H,3,5,7H2,(H,16,18)(H,17,19)/t11-/m1/s1. The lowest BCUT2D eigenvalue weighted by atomic mass is 10.0. The summed E-state index contributed by atoms with van der Waals surface area (Å²) in [6.07, 6.45) is 3.33. The molecule has 0 saturated carbocycles. The van der Waals surface area contributed by atoms with E-state index in [9.17, 15) is 4.79 Å². The van der Waals surface area contributed by atoms with Crippen LogP contribution in [-0.4, -0.2) is 22.7 Å². The Bertz CT molecular complexity index is 626. The van der Waals surface area contributed by atoms with Gasteiger partial charge in [0.2, 0.25) is 0 Å². The molecule has 2 aromatic rings. The molecule has 6 heteroatoms. The number of rotatable bonds is 2. The highest BCUT2D eigenvalue weighted by atomic mass is 79.9. The average Bonchev–Trinajstić information content (AvgIpc) is 2.78. The Balaban J connectivity index is 1.84. The average molecular weight is 336 g/mol. The van der Waals surface area contributed by atoms with Crippen molar-refractivity contribution in [3.05, 3.63) is 46.2 Å². The second kappa shape index (κ2) is 5.66. The highest BCUT2D eigenvalue weighted by molar-refractivity contribution is 9.10. The molecule has 3 rings (SSSR count). The van der Waals surface area contributed by atoms with E-state index < -0.39 is 0 Å². The molecule has 1 aromatic carbocycles. The fourth-order valence-electron chi connectivity index (χ4n) is 2.34. The summed E-state index contributed by atoms with van der Waals surface area (Å²) in [4.78, 5) is 12.3. The molecule has 0 bridgehead atoms. The van der Waals surface area contributed by atoms with Gasteiger partial charge in [-0.2, -0.15) is 5.10 Å². The number of carbonyl (C=O) groups is 1. The van der Waals surface area contributed by atoms with Crippen LogP contribution in [0.15, 0.2) is 34.9 Å². The minimum Gasteiger partial charge on any atom is -0.493 e. The van der Waals surface area contributed by atoms with E-state index in [2.05, 4.69) is 31.4 Å². The highest BCUT2D eigenvalue weighted by Crippen LogP contribution is 2.31. The summed E-state index contributed by atoms with van der Waals surface area (Å²) < 4.78 is 6.35. The Labute approximate surface area is 124 Å². The van der Waals surface area contributed by atoms with Crippen LogP contribution in [0.25, 0.3) is 0 Å². The van der Waals surface area contributed by atoms with Crippen molar-refractivity contribution >= 4 is 21.8 Å². The molecule has 1 amide bonds. The van der Waals surface area contributed by atoms with Crippen LogP contribution in [0.1, 0.15) is 34.9 Å². The zero-order valence-electron chi connectivity index (χ0n) is 10.7. The van der Waals surface area contributed by atoms with Crippen LogP contribution in [0.4, 0.5) is 0 Å². The van der Waals surface area contributed by atoms with Crippen molar-refractivity contribution in [3.8, 4) is 5.75 Å². The maximum Gasteiger partial charge on any atom is 0.270 e. The first-order valence-corrected chi connectivity index (χ1v) is 7.26. The number of ether oxygens (including phenoxy) is 1. The van der Waals surface area contributed by atoms with E-state index in [1.807, 2.05) is 24.3 Å². The number of nitrogens with one attached hydrogen (secondary N) is 2. The quantitative estimate of drug-likeness (QED) is 0.886. The van der Waals surface area contributed by atoms with Gasteiger partial charge in [-0.3, -0.25) is 9.89 Å². The van der Waals surface area contributed by atoms with Crippen molar-refractivity contribution in [1.82, 2.24) is 15.5 Å². The first-order valence-electron chi connectivity index (χ1n) is 6.47. The first kappa shape index (κ1) is 13.2. The van der Waals surface area contributed by atoms with Crippen molar-refractivity contribution in [3.63, 3.8) is 0 Å². The fraction of sp³-hybridized carbons (Fsp3) is 0.286. The van der Waals surface area contributed by atoms with Crippen molar-refractivity contribution < 1.29 is 9.53 Å². The molecule has 0 fully saturated rings. The third-order valence-electron chi connectivity index (χ3n) is 3.31. The smallest absolute Gasteiger partial charge is 0.270 e. The van der Waals surface area contributed by atoms with Crippen LogP contribution in [0, 0.1) is 0 Å². The van der Waals surface area contributed by atoms with Gasteiger partial charge in [0.25, 0.3) is 5.91 Å². The van der Waals surface area contributed by atoms with Gasteiger partial charge in [0.15, 0.2) is 0 Å². The van der Waals surface area contributed by atoms with Crippen LogP contribution in [0.3, 0.4) is 0 Å². The van der Waals surface area contributed by atoms with E-state index in [1.165, 1.54) is 0 Å². The molecule has 0 saturated heterocycles. The van der Waals surface area contributed by atoms with E-state index in [-0.39, 0.29) is 11.9 Å². The number of para-hydroxylation sites is 1. The molecule has 5 nitrogen and oxygen atoms in total. The van der Waals surface area contributed by atoms with E-state index >= 15 is 0 Å². The summed E-state index contributed by atoms with van der Waals surface area (Å²) in [5, 5.41) is 9.57. The molecule has 1 atom stereocenters. The summed E-state index contributed by atoms with van der Waals surface area (Å²) in [6, 6.07) is 7.78. The van der Waals surface area contributed by atoms with Crippen LogP contribution >= 0.6 is 15.9 Å². The van der Waals surface area contributed by atoms with E-state index in [0.717, 1.165) is 24.2 Å². The van der Waals surface area contributed by atoms with E-state index in [4.69, 9.17) is 4.74 Å². The molecule has 0 aliphatic carbocycles. The van der Waals surface area contributed by atoms with Gasteiger partial charge in [-0.05, 0) is 34.8 Å². The molecule has 1 aliphatic rings. The van der Waals surface area contributed by atoms with E-state index in [1.54, 1.807) is 6.20 Å². The van der Waals surface area contributed by atoms with Crippen molar-refractivity contribution in [2.45, 2.75) is 18.9 Å². The van der Waals surface area contributed by atoms with Gasteiger partial charge in [-0.25, -0.2) is 0 Å². The molecule has 0 spiro atoms. The fourth-order valence-corrected chi connectivity index (χ4v) is 2.71. The number of hydrogen-bond acceptors (Lipinski definition) is 3. The minimum absolute atomic E-state index is 0.0450. The minimum atomic E-state index is -0.170. The third kappa shape index (κ3) is 2.56. The number of aromatic nitrogens is 2. The van der Waals surface area contributed by atoms with Gasteiger partial charge < -0.3 is 10.1 Å². The molecule has 1 aliphatic heterocycles. The van der Waals surface area contributed by atoms with Crippen LogP contribution in [-0.2, 0) is 0 Å². The van der Waals surface area contributed by atoms with E-state index in [0.29, 0.717) is 16.8 Å². The van der Waals surface area contributed by atoms with Gasteiger partial charge >= 0.3 is 0 Å². The van der Waals surface area contributed by atoms with Gasteiger partial charge in [0.1, 0.15) is 11.4 Å². The number of fused-ring (bicyclic) bond motifs is 1. The lowest BCUT2D eigenvalue weighted by Gasteiger charge is -2.17. The largest absolute Gasteiger partial charge is 0.493 e. The maximum absolute atomic E-state index is 12.3. The van der Waals surface area contributed by atoms with Gasteiger partial charge in [0, 0.05) is 5.56 Å². The summed E-state index contributed by atoms with van der Waals surface area (Å²) >= 11 is 3.30. The molecular weight excluding hydrogens is 322 g/mol. The topological polar surface area (TPSA) is 67.0 Å². The Kier molecular flexibility index (Phi) is 3.73. The number of amides is 1. The Morgan fingerprint density at radius 2 is 2.30 bits per heavy atom. The second-order valence-corrected chi connectivity index (χ2v) is 5.50. The number of carbonyl (C=O) groups excluding carboxylic acids is 1. The van der Waals surface area contributed by atoms with Crippen molar-refractivity contribution in [2.24, 2.45) is 0 Å². The lowest BCUT2D eigenvalue weighted by Crippen LogP contribution is -2.28. The predicted octanol–water partition coefficient (Wildman–Crippen LogP) is 2.82. The Morgan fingerprint density at radius 1 is 1.45 bits per heavy atom. The zero-order valence-corrected chi connectivity index (χ0v) is 12.3.